The molecule has 2 N–H and O–H groups in total. The highest BCUT2D eigenvalue weighted by atomic mass is 16.5. The van der Waals surface area contributed by atoms with Gasteiger partial charge in [0.05, 0.1) is 18.3 Å². The van der Waals surface area contributed by atoms with E-state index in [2.05, 4.69) is 19.2 Å². The van der Waals surface area contributed by atoms with Crippen LogP contribution >= 0.6 is 0 Å². The summed E-state index contributed by atoms with van der Waals surface area (Å²) in [6.07, 6.45) is 4.01. The van der Waals surface area contributed by atoms with Crippen molar-refractivity contribution in [2.24, 2.45) is 17.3 Å². The summed E-state index contributed by atoms with van der Waals surface area (Å²) in [6.45, 7) is 5.82. The summed E-state index contributed by atoms with van der Waals surface area (Å²) in [5, 5.41) is 12.6. The predicted octanol–water partition coefficient (Wildman–Crippen LogP) is 2.89. The molecule has 3 atom stereocenters. The van der Waals surface area contributed by atoms with Crippen LogP contribution < -0.4 is 5.32 Å². The SMILES string of the molecule is CC(C)COCC(NC(=O)N1C[C@@H]2CCC[C@@]2(C(=O)O)C1)c1ccco1. The first kappa shape index (κ1) is 18.8. The summed E-state index contributed by atoms with van der Waals surface area (Å²) in [7, 11) is 0. The maximum Gasteiger partial charge on any atom is 0.318 e. The molecule has 0 aromatic carbocycles. The van der Waals surface area contributed by atoms with Crippen LogP contribution in [0.5, 0.6) is 0 Å². The molecule has 1 aliphatic heterocycles. The first-order valence-electron chi connectivity index (χ1n) is 9.32. The topological polar surface area (TPSA) is 92.0 Å². The van der Waals surface area contributed by atoms with Crippen LogP contribution in [0.4, 0.5) is 4.79 Å². The second-order valence-corrected chi connectivity index (χ2v) is 7.88. The number of ether oxygens (including phenoxy) is 1. The van der Waals surface area contributed by atoms with Crippen LogP contribution in [0.3, 0.4) is 0 Å². The highest BCUT2D eigenvalue weighted by Crippen LogP contribution is 2.48. The molecule has 2 amide bonds. The van der Waals surface area contributed by atoms with Gasteiger partial charge in [0.1, 0.15) is 11.8 Å². The second kappa shape index (κ2) is 7.70. The van der Waals surface area contributed by atoms with Gasteiger partial charge in [0.15, 0.2) is 0 Å². The number of urea groups is 1. The van der Waals surface area contributed by atoms with E-state index in [1.165, 1.54) is 0 Å². The maximum absolute atomic E-state index is 12.8. The van der Waals surface area contributed by atoms with Crippen molar-refractivity contribution in [3.63, 3.8) is 0 Å². The molecule has 7 heteroatoms. The van der Waals surface area contributed by atoms with Gasteiger partial charge in [-0.05, 0) is 36.8 Å². The Labute approximate surface area is 153 Å². The van der Waals surface area contributed by atoms with E-state index >= 15 is 0 Å². The summed E-state index contributed by atoms with van der Waals surface area (Å²) in [4.78, 5) is 26.2. The highest BCUT2D eigenvalue weighted by Gasteiger charge is 2.55. The zero-order valence-electron chi connectivity index (χ0n) is 15.4. The number of carboxylic acid groups (broad SMARTS) is 1. The zero-order valence-corrected chi connectivity index (χ0v) is 15.4. The number of furan rings is 1. The number of rotatable bonds is 7. The Morgan fingerprint density at radius 3 is 2.88 bits per heavy atom. The lowest BCUT2D eigenvalue weighted by Gasteiger charge is -2.25. The average molecular weight is 364 g/mol. The van der Waals surface area contributed by atoms with Crippen molar-refractivity contribution in [3.8, 4) is 0 Å². The van der Waals surface area contributed by atoms with Crippen molar-refractivity contribution in [1.29, 1.82) is 0 Å². The second-order valence-electron chi connectivity index (χ2n) is 7.88. The van der Waals surface area contributed by atoms with E-state index in [1.807, 2.05) is 0 Å². The van der Waals surface area contributed by atoms with Crippen molar-refractivity contribution in [2.45, 2.75) is 39.2 Å². The summed E-state index contributed by atoms with van der Waals surface area (Å²) in [5.41, 5.74) is -0.772. The van der Waals surface area contributed by atoms with Crippen molar-refractivity contribution in [3.05, 3.63) is 24.2 Å². The molecule has 1 aromatic heterocycles. The molecule has 1 aliphatic carbocycles. The lowest BCUT2D eigenvalue weighted by Crippen LogP contribution is -2.43. The number of hydrogen-bond acceptors (Lipinski definition) is 4. The van der Waals surface area contributed by atoms with Crippen LogP contribution in [0.2, 0.25) is 0 Å². The summed E-state index contributed by atoms with van der Waals surface area (Å²) in [6, 6.07) is 2.93. The number of likely N-dealkylation sites (tertiary alicyclic amines) is 1. The van der Waals surface area contributed by atoms with Gasteiger partial charge in [-0.3, -0.25) is 4.79 Å². The standard InChI is InChI=1S/C19H28N2O5/c1-13(2)10-25-11-15(16-6-4-8-26-16)20-18(24)21-9-14-5-3-7-19(14,12-21)17(22)23/h4,6,8,13-15H,3,5,7,9-12H2,1-2H3,(H,20,24)(H,22,23)/t14-,15?,19+/m0/s1. The van der Waals surface area contributed by atoms with E-state index in [0.717, 1.165) is 12.8 Å². The van der Waals surface area contributed by atoms with Crippen molar-refractivity contribution in [2.75, 3.05) is 26.3 Å². The van der Waals surface area contributed by atoms with Crippen molar-refractivity contribution < 1.29 is 23.8 Å². The normalized spacial score (nSPS) is 26.1. The smallest absolute Gasteiger partial charge is 0.318 e. The van der Waals surface area contributed by atoms with E-state index in [9.17, 15) is 14.7 Å². The largest absolute Gasteiger partial charge is 0.481 e. The minimum Gasteiger partial charge on any atom is -0.481 e. The van der Waals surface area contributed by atoms with Gasteiger partial charge >= 0.3 is 12.0 Å². The fraction of sp³-hybridized carbons (Fsp3) is 0.684. The summed E-state index contributed by atoms with van der Waals surface area (Å²) >= 11 is 0. The van der Waals surface area contributed by atoms with Crippen LogP contribution in [-0.4, -0.2) is 48.3 Å². The minimum absolute atomic E-state index is 0.0463. The molecule has 2 heterocycles. The summed E-state index contributed by atoms with van der Waals surface area (Å²) < 4.78 is 11.1. The van der Waals surface area contributed by atoms with Crippen molar-refractivity contribution >= 4 is 12.0 Å². The third-order valence-corrected chi connectivity index (χ3v) is 5.50. The Kier molecular flexibility index (Phi) is 5.55. The van der Waals surface area contributed by atoms with Crippen LogP contribution in [0.1, 0.15) is 44.9 Å². The fourth-order valence-electron chi connectivity index (χ4n) is 4.14. The molecule has 1 unspecified atom stereocenters. The molecule has 1 saturated heterocycles. The van der Waals surface area contributed by atoms with E-state index in [-0.39, 0.29) is 18.5 Å². The Morgan fingerprint density at radius 2 is 2.27 bits per heavy atom. The minimum atomic E-state index is -0.779. The van der Waals surface area contributed by atoms with E-state index < -0.39 is 17.4 Å². The highest BCUT2D eigenvalue weighted by molar-refractivity contribution is 5.80. The predicted molar refractivity (Wildman–Crippen MR) is 94.6 cm³/mol. The Balaban J connectivity index is 1.64. The fourth-order valence-corrected chi connectivity index (χ4v) is 4.14. The van der Waals surface area contributed by atoms with Crippen LogP contribution in [-0.2, 0) is 9.53 Å². The number of nitrogens with zero attached hydrogens (tertiary/aromatic N) is 1. The third kappa shape index (κ3) is 3.72. The van der Waals surface area contributed by atoms with Crippen LogP contribution in [0.15, 0.2) is 22.8 Å². The van der Waals surface area contributed by atoms with Gasteiger partial charge in [0.2, 0.25) is 0 Å². The Bertz CT molecular complexity index is 630. The lowest BCUT2D eigenvalue weighted by atomic mass is 9.81. The number of amides is 2. The third-order valence-electron chi connectivity index (χ3n) is 5.50. The van der Waals surface area contributed by atoms with Crippen LogP contribution in [0, 0.1) is 17.3 Å². The number of nitrogens with one attached hydrogen (secondary N) is 1. The Hall–Kier alpha value is -2.02. The zero-order chi connectivity index (χ0) is 18.7. The van der Waals surface area contributed by atoms with E-state index in [4.69, 9.17) is 9.15 Å². The van der Waals surface area contributed by atoms with Gasteiger partial charge in [-0.15, -0.1) is 0 Å². The van der Waals surface area contributed by atoms with E-state index in [0.29, 0.717) is 37.9 Å². The quantitative estimate of drug-likeness (QED) is 0.776. The number of carbonyl (C=O) groups excluding carboxylic acids is 1. The average Bonchev–Trinajstić information content (AvgIpc) is 3.28. The molecule has 0 bridgehead atoms. The number of fused-ring (bicyclic) bond motifs is 1. The molecule has 2 fully saturated rings. The van der Waals surface area contributed by atoms with E-state index in [1.54, 1.807) is 23.3 Å². The number of hydrogen-bond donors (Lipinski definition) is 2. The first-order valence-corrected chi connectivity index (χ1v) is 9.32. The molecule has 0 spiro atoms. The number of carbonyl (C=O) groups is 2. The molecule has 1 saturated carbocycles. The molecular weight excluding hydrogens is 336 g/mol. The summed E-state index contributed by atoms with van der Waals surface area (Å²) in [5.74, 6) is 0.300. The molecule has 1 aromatic rings. The molecule has 0 radical (unpaired) electrons. The van der Waals surface area contributed by atoms with Gasteiger partial charge in [-0.2, -0.15) is 0 Å². The molecule has 7 nitrogen and oxygen atoms in total. The molecular formula is C19H28N2O5. The van der Waals surface area contributed by atoms with Gasteiger partial charge in [0.25, 0.3) is 0 Å². The lowest BCUT2D eigenvalue weighted by molar-refractivity contribution is -0.149. The number of carboxylic acids is 1. The Morgan fingerprint density at radius 1 is 1.46 bits per heavy atom. The van der Waals surface area contributed by atoms with Crippen LogP contribution in [0.25, 0.3) is 0 Å². The molecule has 3 rings (SSSR count). The van der Waals surface area contributed by atoms with Gasteiger partial charge < -0.3 is 24.5 Å². The van der Waals surface area contributed by atoms with Gasteiger partial charge in [-0.25, -0.2) is 4.79 Å². The molecule has 26 heavy (non-hydrogen) atoms. The maximum atomic E-state index is 12.8. The first-order chi connectivity index (χ1) is 12.4. The van der Waals surface area contributed by atoms with Crippen molar-refractivity contribution in [1.82, 2.24) is 10.2 Å². The van der Waals surface area contributed by atoms with Gasteiger partial charge in [0, 0.05) is 19.7 Å². The van der Waals surface area contributed by atoms with Gasteiger partial charge in [-0.1, -0.05) is 20.3 Å². The number of aliphatic carboxylic acids is 1. The molecule has 2 aliphatic rings. The molecule has 144 valence electrons. The monoisotopic (exact) mass is 364 g/mol.